The summed E-state index contributed by atoms with van der Waals surface area (Å²) in [5, 5.41) is 0. The SMILES string of the molecule is CCCC(C(=O)CC)C1CCN(Cc2cc(C(F)(F)F)ccc2C(F)(F)F)CC1. The molecule has 0 aliphatic carbocycles. The molecule has 1 heterocycles. The van der Waals surface area contributed by atoms with Gasteiger partial charge in [0.25, 0.3) is 0 Å². The number of carbonyl (C=O) groups is 1. The zero-order chi connectivity index (χ0) is 21.8. The van der Waals surface area contributed by atoms with Crippen molar-refractivity contribution < 1.29 is 31.1 Å². The van der Waals surface area contributed by atoms with Crippen LogP contribution in [0.25, 0.3) is 0 Å². The molecule has 0 bridgehead atoms. The first-order valence-electron chi connectivity index (χ1n) is 9.99. The predicted molar refractivity (Wildman–Crippen MR) is 98.1 cm³/mol. The van der Waals surface area contributed by atoms with E-state index in [0.717, 1.165) is 12.8 Å². The number of ketones is 1. The first-order valence-corrected chi connectivity index (χ1v) is 9.99. The van der Waals surface area contributed by atoms with Crippen LogP contribution in [0.3, 0.4) is 0 Å². The molecular weight excluding hydrogens is 396 g/mol. The van der Waals surface area contributed by atoms with Crippen LogP contribution in [-0.2, 0) is 23.7 Å². The topological polar surface area (TPSA) is 20.3 Å². The molecule has 1 aliphatic heterocycles. The van der Waals surface area contributed by atoms with Crippen molar-refractivity contribution in [2.75, 3.05) is 13.1 Å². The zero-order valence-corrected chi connectivity index (χ0v) is 16.7. The third-order valence-corrected chi connectivity index (χ3v) is 5.69. The molecule has 0 amide bonds. The Morgan fingerprint density at radius 3 is 2.17 bits per heavy atom. The van der Waals surface area contributed by atoms with Crippen LogP contribution in [0.1, 0.15) is 62.6 Å². The van der Waals surface area contributed by atoms with Crippen LogP contribution in [0.4, 0.5) is 26.3 Å². The number of hydrogen-bond acceptors (Lipinski definition) is 2. The number of nitrogens with zero attached hydrogens (tertiary/aromatic N) is 1. The maximum absolute atomic E-state index is 13.3. The van der Waals surface area contributed by atoms with Crippen LogP contribution in [-0.4, -0.2) is 23.8 Å². The number of rotatable bonds is 7. The quantitative estimate of drug-likeness (QED) is 0.478. The molecule has 0 N–H and O–H groups in total. The van der Waals surface area contributed by atoms with Gasteiger partial charge in [0.2, 0.25) is 0 Å². The van der Waals surface area contributed by atoms with Gasteiger partial charge in [-0.2, -0.15) is 26.3 Å². The van der Waals surface area contributed by atoms with Gasteiger partial charge in [-0.1, -0.05) is 20.3 Å². The summed E-state index contributed by atoms with van der Waals surface area (Å²) in [7, 11) is 0. The summed E-state index contributed by atoms with van der Waals surface area (Å²) in [5.41, 5.74) is -2.47. The molecule has 1 aromatic carbocycles. The van der Waals surface area contributed by atoms with E-state index >= 15 is 0 Å². The van der Waals surface area contributed by atoms with E-state index in [1.807, 2.05) is 13.8 Å². The van der Waals surface area contributed by atoms with E-state index in [1.54, 1.807) is 4.90 Å². The van der Waals surface area contributed by atoms with Crippen molar-refractivity contribution in [2.24, 2.45) is 11.8 Å². The molecule has 164 valence electrons. The second-order valence-corrected chi connectivity index (χ2v) is 7.70. The molecule has 0 spiro atoms. The van der Waals surface area contributed by atoms with Gasteiger partial charge in [-0.3, -0.25) is 9.69 Å². The fourth-order valence-electron chi connectivity index (χ4n) is 4.16. The Bertz CT molecular complexity index is 689. The highest BCUT2D eigenvalue weighted by Gasteiger charge is 2.38. The number of Topliss-reactive ketones (excluding diaryl/α,β-unsaturated/α-hetero) is 1. The number of hydrogen-bond donors (Lipinski definition) is 0. The number of halogens is 6. The summed E-state index contributed by atoms with van der Waals surface area (Å²) in [6.07, 6.45) is -5.94. The van der Waals surface area contributed by atoms with E-state index in [4.69, 9.17) is 0 Å². The van der Waals surface area contributed by atoms with Crippen molar-refractivity contribution in [3.63, 3.8) is 0 Å². The molecule has 0 saturated carbocycles. The van der Waals surface area contributed by atoms with Crippen LogP contribution in [0, 0.1) is 11.8 Å². The predicted octanol–water partition coefficient (Wildman–Crippen LogP) is 6.33. The molecule has 2 nitrogen and oxygen atoms in total. The van der Waals surface area contributed by atoms with Crippen LogP contribution in [0.2, 0.25) is 0 Å². The summed E-state index contributed by atoms with van der Waals surface area (Å²) in [4.78, 5) is 14.0. The molecule has 1 fully saturated rings. The average Bonchev–Trinajstić information content (AvgIpc) is 2.64. The van der Waals surface area contributed by atoms with Crippen molar-refractivity contribution >= 4 is 5.78 Å². The van der Waals surface area contributed by atoms with Crippen molar-refractivity contribution in [3.05, 3.63) is 34.9 Å². The maximum atomic E-state index is 13.3. The Morgan fingerprint density at radius 1 is 1.07 bits per heavy atom. The average molecular weight is 423 g/mol. The summed E-state index contributed by atoms with van der Waals surface area (Å²) < 4.78 is 78.7. The van der Waals surface area contributed by atoms with E-state index in [2.05, 4.69) is 0 Å². The Labute approximate surface area is 167 Å². The lowest BCUT2D eigenvalue weighted by atomic mass is 9.78. The maximum Gasteiger partial charge on any atom is 0.416 e. The van der Waals surface area contributed by atoms with Crippen molar-refractivity contribution in [1.29, 1.82) is 0 Å². The molecule has 1 saturated heterocycles. The standard InChI is InChI=1S/C21H27F6NO/c1-3-5-17(19(29)4-2)14-8-10-28(11-9-14)13-15-12-16(20(22,23)24)6-7-18(15)21(25,26)27/h6-7,12,14,17H,3-5,8-11,13H2,1-2H3. The van der Waals surface area contributed by atoms with Gasteiger partial charge >= 0.3 is 12.4 Å². The van der Waals surface area contributed by atoms with E-state index in [0.29, 0.717) is 50.6 Å². The second-order valence-electron chi connectivity index (χ2n) is 7.70. The van der Waals surface area contributed by atoms with Crippen molar-refractivity contribution in [2.45, 2.75) is 64.8 Å². The molecule has 1 atom stereocenters. The first kappa shape index (κ1) is 23.7. The molecule has 0 aromatic heterocycles. The summed E-state index contributed by atoms with van der Waals surface area (Å²) in [6.45, 7) is 4.58. The van der Waals surface area contributed by atoms with Gasteiger partial charge in [-0.05, 0) is 62.0 Å². The Morgan fingerprint density at radius 2 is 1.69 bits per heavy atom. The van der Waals surface area contributed by atoms with Gasteiger partial charge in [0.05, 0.1) is 11.1 Å². The fraction of sp³-hybridized carbons (Fsp3) is 0.667. The van der Waals surface area contributed by atoms with E-state index in [1.165, 1.54) is 0 Å². The van der Waals surface area contributed by atoms with Crippen molar-refractivity contribution in [1.82, 2.24) is 4.90 Å². The molecule has 8 heteroatoms. The number of benzene rings is 1. The number of alkyl halides is 6. The smallest absolute Gasteiger partial charge is 0.299 e. The highest BCUT2D eigenvalue weighted by molar-refractivity contribution is 5.80. The largest absolute Gasteiger partial charge is 0.416 e. The Kier molecular flexibility index (Phi) is 7.76. The lowest BCUT2D eigenvalue weighted by Gasteiger charge is -2.36. The van der Waals surface area contributed by atoms with E-state index in [9.17, 15) is 31.1 Å². The first-order chi connectivity index (χ1) is 13.5. The summed E-state index contributed by atoms with van der Waals surface area (Å²) >= 11 is 0. The Hall–Kier alpha value is -1.57. The molecule has 1 aliphatic rings. The third-order valence-electron chi connectivity index (χ3n) is 5.69. The van der Waals surface area contributed by atoms with Gasteiger partial charge in [0.1, 0.15) is 5.78 Å². The number of carbonyl (C=O) groups excluding carboxylic acids is 1. The van der Waals surface area contributed by atoms with E-state index < -0.39 is 23.5 Å². The number of piperidine rings is 1. The summed E-state index contributed by atoms with van der Waals surface area (Å²) in [6, 6.07) is 1.60. The highest BCUT2D eigenvalue weighted by Crippen LogP contribution is 2.38. The van der Waals surface area contributed by atoms with Gasteiger partial charge in [-0.25, -0.2) is 0 Å². The lowest BCUT2D eigenvalue weighted by Crippen LogP contribution is -2.38. The lowest BCUT2D eigenvalue weighted by molar-refractivity contribution is -0.142. The van der Waals surface area contributed by atoms with Gasteiger partial charge in [0.15, 0.2) is 0 Å². The monoisotopic (exact) mass is 423 g/mol. The molecule has 1 aromatic rings. The second kappa shape index (κ2) is 9.49. The molecule has 1 unspecified atom stereocenters. The molecule has 29 heavy (non-hydrogen) atoms. The highest BCUT2D eigenvalue weighted by atomic mass is 19.4. The van der Waals surface area contributed by atoms with E-state index in [-0.39, 0.29) is 29.7 Å². The zero-order valence-electron chi connectivity index (χ0n) is 16.7. The van der Waals surface area contributed by atoms with Crippen LogP contribution >= 0.6 is 0 Å². The van der Waals surface area contributed by atoms with Gasteiger partial charge in [0, 0.05) is 18.9 Å². The Balaban J connectivity index is 2.14. The molecule has 0 radical (unpaired) electrons. The van der Waals surface area contributed by atoms with Crippen LogP contribution < -0.4 is 0 Å². The van der Waals surface area contributed by atoms with Crippen LogP contribution in [0.15, 0.2) is 18.2 Å². The normalized spacial score (nSPS) is 18.1. The minimum absolute atomic E-state index is 0.0357. The molecular formula is C21H27F6NO. The fourth-order valence-corrected chi connectivity index (χ4v) is 4.16. The minimum Gasteiger partial charge on any atom is -0.299 e. The van der Waals surface area contributed by atoms with Crippen molar-refractivity contribution in [3.8, 4) is 0 Å². The third kappa shape index (κ3) is 6.20. The molecule has 2 rings (SSSR count). The minimum atomic E-state index is -4.71. The van der Waals surface area contributed by atoms with Crippen LogP contribution in [0.5, 0.6) is 0 Å². The summed E-state index contributed by atoms with van der Waals surface area (Å²) in [5.74, 6) is 0.358. The van der Waals surface area contributed by atoms with Gasteiger partial charge < -0.3 is 0 Å². The van der Waals surface area contributed by atoms with Gasteiger partial charge in [-0.15, -0.1) is 0 Å². The number of likely N-dealkylation sites (tertiary alicyclic amines) is 1.